The number of aromatic nitrogens is 2. The Bertz CT molecular complexity index is 676. The fourth-order valence-corrected chi connectivity index (χ4v) is 1.87. The average molecular weight is 267 g/mol. The van der Waals surface area contributed by atoms with Crippen molar-refractivity contribution >= 4 is 11.6 Å². The highest BCUT2D eigenvalue weighted by atomic mass is 35.5. The zero-order chi connectivity index (χ0) is 13.1. The lowest BCUT2D eigenvalue weighted by Crippen LogP contribution is -2.29. The molecular formula is C12H11ClN2O3. The van der Waals surface area contributed by atoms with E-state index in [2.05, 4.69) is 4.98 Å². The summed E-state index contributed by atoms with van der Waals surface area (Å²) in [5.41, 5.74) is -0.293. The summed E-state index contributed by atoms with van der Waals surface area (Å²) in [6.07, 6.45) is 0.528. The van der Waals surface area contributed by atoms with E-state index in [0.29, 0.717) is 11.4 Å². The summed E-state index contributed by atoms with van der Waals surface area (Å²) in [5.74, 6) is -0.342. The molecule has 1 aromatic carbocycles. The van der Waals surface area contributed by atoms with Crippen molar-refractivity contribution in [2.75, 3.05) is 0 Å². The van der Waals surface area contributed by atoms with Gasteiger partial charge in [0.1, 0.15) is 0 Å². The van der Waals surface area contributed by atoms with Crippen LogP contribution in [0.2, 0.25) is 5.02 Å². The lowest BCUT2D eigenvalue weighted by Gasteiger charge is -2.07. The number of nitrogens with zero attached hydrogens (tertiary/aromatic N) is 1. The highest BCUT2D eigenvalue weighted by Crippen LogP contribution is 2.12. The fraction of sp³-hybridized carbons (Fsp3) is 0.167. The molecule has 0 atom stereocenters. The van der Waals surface area contributed by atoms with Crippen molar-refractivity contribution in [2.24, 2.45) is 0 Å². The first kappa shape index (κ1) is 12.4. The third kappa shape index (κ3) is 2.81. The van der Waals surface area contributed by atoms with Gasteiger partial charge in [0.05, 0.1) is 6.07 Å². The van der Waals surface area contributed by atoms with Crippen LogP contribution in [0.5, 0.6) is 5.88 Å². The van der Waals surface area contributed by atoms with Crippen LogP contribution in [0.25, 0.3) is 0 Å². The second kappa shape index (κ2) is 5.10. The zero-order valence-corrected chi connectivity index (χ0v) is 10.1. The third-order valence-corrected chi connectivity index (χ3v) is 2.76. The number of H-pyrrole nitrogens is 1. The monoisotopic (exact) mass is 266 g/mol. The molecular weight excluding hydrogens is 256 g/mol. The van der Waals surface area contributed by atoms with Crippen LogP contribution in [0.4, 0.5) is 0 Å². The van der Waals surface area contributed by atoms with Gasteiger partial charge in [0.25, 0.3) is 5.56 Å². The molecule has 0 saturated heterocycles. The molecule has 18 heavy (non-hydrogen) atoms. The molecule has 0 radical (unpaired) electrons. The Hall–Kier alpha value is -2.01. The number of halogens is 1. The second-order valence-electron chi connectivity index (χ2n) is 3.83. The van der Waals surface area contributed by atoms with Gasteiger partial charge in [0, 0.05) is 11.6 Å². The maximum absolute atomic E-state index is 11.5. The molecule has 0 saturated carbocycles. The quantitative estimate of drug-likeness (QED) is 0.875. The molecule has 0 fully saturated rings. The molecule has 0 bridgehead atoms. The topological polar surface area (TPSA) is 75.1 Å². The number of aromatic amines is 1. The predicted molar refractivity (Wildman–Crippen MR) is 68.1 cm³/mol. The molecule has 1 heterocycles. The minimum absolute atomic E-state index is 0.266. The Morgan fingerprint density at radius 1 is 1.28 bits per heavy atom. The van der Waals surface area contributed by atoms with E-state index in [4.69, 9.17) is 11.6 Å². The van der Waals surface area contributed by atoms with Gasteiger partial charge in [-0.2, -0.15) is 0 Å². The summed E-state index contributed by atoms with van der Waals surface area (Å²) >= 11 is 5.84. The maximum Gasteiger partial charge on any atom is 0.331 e. The van der Waals surface area contributed by atoms with Crippen molar-refractivity contribution in [3.8, 4) is 5.88 Å². The first-order chi connectivity index (χ1) is 8.56. The van der Waals surface area contributed by atoms with Crippen LogP contribution in [0.15, 0.2) is 39.9 Å². The summed E-state index contributed by atoms with van der Waals surface area (Å²) in [7, 11) is 0. The molecule has 6 heteroatoms. The Labute approximate surface area is 107 Å². The number of nitrogens with one attached hydrogen (secondary N) is 1. The Kier molecular flexibility index (Phi) is 3.53. The highest BCUT2D eigenvalue weighted by Gasteiger charge is 2.04. The van der Waals surface area contributed by atoms with Crippen molar-refractivity contribution in [3.63, 3.8) is 0 Å². The lowest BCUT2D eigenvalue weighted by atomic mass is 10.1. The number of rotatable bonds is 3. The molecule has 2 N–H and O–H groups in total. The van der Waals surface area contributed by atoms with Crippen molar-refractivity contribution in [1.29, 1.82) is 0 Å². The lowest BCUT2D eigenvalue weighted by molar-refractivity contribution is 0.400. The van der Waals surface area contributed by atoms with Crippen molar-refractivity contribution in [2.45, 2.75) is 13.0 Å². The molecule has 94 valence electrons. The van der Waals surface area contributed by atoms with Crippen LogP contribution in [0, 0.1) is 0 Å². The molecule has 1 aromatic heterocycles. The van der Waals surface area contributed by atoms with Crippen molar-refractivity contribution < 1.29 is 5.11 Å². The molecule has 2 rings (SSSR count). The predicted octanol–water partition coefficient (Wildman–Crippen LogP) is 1.14. The van der Waals surface area contributed by atoms with E-state index in [1.807, 2.05) is 12.1 Å². The molecule has 0 spiro atoms. The van der Waals surface area contributed by atoms with E-state index in [1.54, 1.807) is 12.1 Å². The minimum atomic E-state index is -0.623. The third-order valence-electron chi connectivity index (χ3n) is 2.53. The average Bonchev–Trinajstić information content (AvgIpc) is 2.27. The standard InChI is InChI=1S/C12H11ClN2O3/c13-9-3-1-2-8(6-9)4-5-15-11(17)7-10(16)14-12(15)18/h1-3,6-7,17H,4-5H2,(H,14,16,18). The SMILES string of the molecule is O=c1cc(O)n(CCc2cccc(Cl)c2)c(=O)[nH]1. The minimum Gasteiger partial charge on any atom is -0.494 e. The molecule has 2 aromatic rings. The van der Waals surface area contributed by atoms with Gasteiger partial charge in [0.2, 0.25) is 5.88 Å². The number of aromatic hydroxyl groups is 1. The van der Waals surface area contributed by atoms with E-state index in [-0.39, 0.29) is 12.4 Å². The van der Waals surface area contributed by atoms with Crippen LogP contribution in [-0.2, 0) is 13.0 Å². The Morgan fingerprint density at radius 3 is 2.72 bits per heavy atom. The number of aryl methyl sites for hydroxylation is 1. The highest BCUT2D eigenvalue weighted by molar-refractivity contribution is 6.30. The van der Waals surface area contributed by atoms with E-state index in [0.717, 1.165) is 16.2 Å². The molecule has 0 amide bonds. The summed E-state index contributed by atoms with van der Waals surface area (Å²) in [5, 5.41) is 10.1. The summed E-state index contributed by atoms with van der Waals surface area (Å²) in [6.45, 7) is 0.266. The molecule has 0 aliphatic carbocycles. The Morgan fingerprint density at radius 2 is 2.06 bits per heavy atom. The van der Waals surface area contributed by atoms with E-state index in [9.17, 15) is 14.7 Å². The maximum atomic E-state index is 11.5. The number of hydrogen-bond donors (Lipinski definition) is 2. The van der Waals surface area contributed by atoms with Crippen LogP contribution < -0.4 is 11.2 Å². The van der Waals surface area contributed by atoms with Gasteiger partial charge in [-0.05, 0) is 24.1 Å². The zero-order valence-electron chi connectivity index (χ0n) is 9.39. The van der Waals surface area contributed by atoms with Gasteiger partial charge in [0.15, 0.2) is 0 Å². The fourth-order valence-electron chi connectivity index (χ4n) is 1.66. The number of benzene rings is 1. The van der Waals surface area contributed by atoms with E-state index < -0.39 is 11.2 Å². The van der Waals surface area contributed by atoms with E-state index in [1.165, 1.54) is 0 Å². The van der Waals surface area contributed by atoms with Gasteiger partial charge in [-0.15, -0.1) is 0 Å². The van der Waals surface area contributed by atoms with E-state index >= 15 is 0 Å². The van der Waals surface area contributed by atoms with Crippen molar-refractivity contribution in [1.82, 2.24) is 9.55 Å². The molecule has 0 aliphatic rings. The van der Waals surface area contributed by atoms with Crippen LogP contribution in [0.3, 0.4) is 0 Å². The normalized spacial score (nSPS) is 10.5. The van der Waals surface area contributed by atoms with Gasteiger partial charge >= 0.3 is 5.69 Å². The summed E-state index contributed by atoms with van der Waals surface area (Å²) in [6, 6.07) is 8.20. The summed E-state index contributed by atoms with van der Waals surface area (Å²) < 4.78 is 1.10. The van der Waals surface area contributed by atoms with Gasteiger partial charge in [-0.3, -0.25) is 14.3 Å². The molecule has 0 unspecified atom stereocenters. The Balaban J connectivity index is 2.21. The smallest absolute Gasteiger partial charge is 0.331 e. The van der Waals surface area contributed by atoms with Gasteiger partial charge < -0.3 is 5.11 Å². The number of hydrogen-bond acceptors (Lipinski definition) is 3. The van der Waals surface area contributed by atoms with Crippen LogP contribution in [-0.4, -0.2) is 14.7 Å². The summed E-state index contributed by atoms with van der Waals surface area (Å²) in [4.78, 5) is 24.5. The van der Waals surface area contributed by atoms with Crippen LogP contribution >= 0.6 is 11.6 Å². The van der Waals surface area contributed by atoms with Gasteiger partial charge in [-0.25, -0.2) is 4.79 Å². The molecule has 5 nitrogen and oxygen atoms in total. The van der Waals surface area contributed by atoms with Gasteiger partial charge in [-0.1, -0.05) is 23.7 Å². The van der Waals surface area contributed by atoms with Crippen molar-refractivity contribution in [3.05, 3.63) is 61.8 Å². The first-order valence-corrected chi connectivity index (χ1v) is 5.71. The first-order valence-electron chi connectivity index (χ1n) is 5.34. The molecule has 0 aliphatic heterocycles. The second-order valence-corrected chi connectivity index (χ2v) is 4.26. The largest absolute Gasteiger partial charge is 0.494 e. The van der Waals surface area contributed by atoms with Crippen LogP contribution in [0.1, 0.15) is 5.56 Å².